The summed E-state index contributed by atoms with van der Waals surface area (Å²) < 4.78 is 0. The van der Waals surface area contributed by atoms with E-state index >= 15 is 0 Å². The average Bonchev–Trinajstić information content (AvgIpc) is 2.31. The first kappa shape index (κ1) is 14.6. The Bertz CT molecular complexity index is 341. The molecule has 1 N–H and O–H groups in total. The van der Waals surface area contributed by atoms with Gasteiger partial charge in [-0.15, -0.1) is 12.4 Å². The maximum atomic E-state index is 8.87. The zero-order valence-electron chi connectivity index (χ0n) is 9.68. The second-order valence-corrected chi connectivity index (χ2v) is 4.41. The van der Waals surface area contributed by atoms with Crippen LogP contribution < -0.4 is 4.90 Å². The van der Waals surface area contributed by atoms with Crippen molar-refractivity contribution in [1.29, 1.82) is 0 Å². The zero-order valence-corrected chi connectivity index (χ0v) is 11.3. The molecule has 1 fully saturated rings. The van der Waals surface area contributed by atoms with E-state index in [0.717, 1.165) is 43.4 Å². The minimum Gasteiger partial charge on any atom is -0.395 e. The highest BCUT2D eigenvalue weighted by Crippen LogP contribution is 2.25. The van der Waals surface area contributed by atoms with E-state index in [-0.39, 0.29) is 19.0 Å². The van der Waals surface area contributed by atoms with Gasteiger partial charge in [-0.1, -0.05) is 23.7 Å². The Hall–Kier alpha value is -0.480. The molecular formula is C12H18Cl2N2O. The number of β-amino-alcohol motifs (C(OH)–C–C–N with tert-alkyl or cyclic N) is 1. The number of piperazine rings is 1. The molecule has 2 rings (SSSR count). The van der Waals surface area contributed by atoms with Crippen LogP contribution in [0, 0.1) is 0 Å². The molecule has 1 aromatic carbocycles. The average molecular weight is 277 g/mol. The van der Waals surface area contributed by atoms with E-state index in [1.54, 1.807) is 0 Å². The standard InChI is InChI=1S/C12H17ClN2O.ClH/c13-11-3-1-2-4-12(11)15-7-5-14(6-8-15)9-10-16;/h1-4,16H,5-10H2;1H. The van der Waals surface area contributed by atoms with Gasteiger partial charge in [0.25, 0.3) is 0 Å². The van der Waals surface area contributed by atoms with Gasteiger partial charge in [0, 0.05) is 32.7 Å². The Labute approximate surface area is 113 Å². The van der Waals surface area contributed by atoms with Crippen LogP contribution in [0.25, 0.3) is 0 Å². The van der Waals surface area contributed by atoms with Crippen LogP contribution in [0.2, 0.25) is 5.02 Å². The number of hydrogen-bond acceptors (Lipinski definition) is 3. The van der Waals surface area contributed by atoms with Crippen LogP contribution >= 0.6 is 24.0 Å². The molecule has 0 aliphatic carbocycles. The third-order valence-electron chi connectivity index (χ3n) is 2.98. The lowest BCUT2D eigenvalue weighted by Gasteiger charge is -2.36. The van der Waals surface area contributed by atoms with Gasteiger partial charge in [-0.25, -0.2) is 0 Å². The highest BCUT2D eigenvalue weighted by Gasteiger charge is 2.17. The number of halogens is 2. The van der Waals surface area contributed by atoms with Crippen molar-refractivity contribution in [3.63, 3.8) is 0 Å². The maximum Gasteiger partial charge on any atom is 0.0639 e. The van der Waals surface area contributed by atoms with Crippen molar-refractivity contribution < 1.29 is 5.11 Å². The summed E-state index contributed by atoms with van der Waals surface area (Å²) in [6, 6.07) is 7.95. The fourth-order valence-electron chi connectivity index (χ4n) is 2.06. The Morgan fingerprint density at radius 3 is 2.35 bits per heavy atom. The van der Waals surface area contributed by atoms with Gasteiger partial charge in [-0.3, -0.25) is 4.90 Å². The summed E-state index contributed by atoms with van der Waals surface area (Å²) in [5.41, 5.74) is 1.12. The summed E-state index contributed by atoms with van der Waals surface area (Å²) in [6.45, 7) is 4.95. The van der Waals surface area contributed by atoms with E-state index in [1.165, 1.54) is 0 Å². The summed E-state index contributed by atoms with van der Waals surface area (Å²) in [7, 11) is 0. The highest BCUT2D eigenvalue weighted by molar-refractivity contribution is 6.33. The van der Waals surface area contributed by atoms with Crippen LogP contribution in [-0.2, 0) is 0 Å². The highest BCUT2D eigenvalue weighted by atomic mass is 35.5. The summed E-state index contributed by atoms with van der Waals surface area (Å²) >= 11 is 6.16. The van der Waals surface area contributed by atoms with Crippen LogP contribution in [0.1, 0.15) is 0 Å². The molecule has 1 saturated heterocycles. The lowest BCUT2D eigenvalue weighted by molar-refractivity contribution is 0.189. The number of rotatable bonds is 3. The number of anilines is 1. The van der Waals surface area contributed by atoms with Gasteiger partial charge in [-0.2, -0.15) is 0 Å². The molecule has 0 aromatic heterocycles. The number of hydrogen-bond donors (Lipinski definition) is 1. The van der Waals surface area contributed by atoms with E-state index in [0.29, 0.717) is 0 Å². The Balaban J connectivity index is 0.00000144. The molecule has 5 heteroatoms. The Morgan fingerprint density at radius 2 is 1.76 bits per heavy atom. The second-order valence-electron chi connectivity index (χ2n) is 4.00. The minimum absolute atomic E-state index is 0. The lowest BCUT2D eigenvalue weighted by atomic mass is 10.2. The van der Waals surface area contributed by atoms with Gasteiger partial charge in [0.15, 0.2) is 0 Å². The third kappa shape index (κ3) is 3.75. The molecular weight excluding hydrogens is 259 g/mol. The summed E-state index contributed by atoms with van der Waals surface area (Å²) in [4.78, 5) is 4.57. The third-order valence-corrected chi connectivity index (χ3v) is 3.30. The van der Waals surface area contributed by atoms with E-state index in [4.69, 9.17) is 16.7 Å². The number of para-hydroxylation sites is 1. The Kier molecular flexibility index (Phi) is 6.06. The first-order chi connectivity index (χ1) is 7.81. The monoisotopic (exact) mass is 276 g/mol. The predicted octanol–water partition coefficient (Wildman–Crippen LogP) is 1.88. The first-order valence-corrected chi connectivity index (χ1v) is 6.02. The molecule has 0 bridgehead atoms. The number of benzene rings is 1. The molecule has 3 nitrogen and oxygen atoms in total. The maximum absolute atomic E-state index is 8.87. The van der Waals surface area contributed by atoms with Crippen molar-refractivity contribution in [2.24, 2.45) is 0 Å². The predicted molar refractivity (Wildman–Crippen MR) is 74.4 cm³/mol. The van der Waals surface area contributed by atoms with E-state index < -0.39 is 0 Å². The first-order valence-electron chi connectivity index (χ1n) is 5.64. The number of nitrogens with zero attached hydrogens (tertiary/aromatic N) is 2. The summed E-state index contributed by atoms with van der Waals surface area (Å²) in [5.74, 6) is 0. The van der Waals surface area contributed by atoms with Gasteiger partial charge in [-0.05, 0) is 12.1 Å². The van der Waals surface area contributed by atoms with Gasteiger partial charge < -0.3 is 10.0 Å². The van der Waals surface area contributed by atoms with E-state index in [1.807, 2.05) is 18.2 Å². The molecule has 0 saturated carbocycles. The topological polar surface area (TPSA) is 26.7 Å². The van der Waals surface area contributed by atoms with Gasteiger partial charge in [0.2, 0.25) is 0 Å². The largest absolute Gasteiger partial charge is 0.395 e. The molecule has 1 aliphatic heterocycles. The van der Waals surface area contributed by atoms with Crippen LogP contribution in [-0.4, -0.2) is 49.3 Å². The second kappa shape index (κ2) is 7.07. The smallest absolute Gasteiger partial charge is 0.0639 e. The molecule has 0 amide bonds. The van der Waals surface area contributed by atoms with Crippen LogP contribution in [0.3, 0.4) is 0 Å². The van der Waals surface area contributed by atoms with Crippen molar-refractivity contribution >= 4 is 29.7 Å². The zero-order chi connectivity index (χ0) is 11.4. The fourth-order valence-corrected chi connectivity index (χ4v) is 2.32. The molecule has 1 aliphatic rings. The molecule has 0 unspecified atom stereocenters. The van der Waals surface area contributed by atoms with Crippen LogP contribution in [0.5, 0.6) is 0 Å². The van der Waals surface area contributed by atoms with Gasteiger partial charge in [0.1, 0.15) is 0 Å². The molecule has 96 valence electrons. The quantitative estimate of drug-likeness (QED) is 0.913. The minimum atomic E-state index is 0. The van der Waals surface area contributed by atoms with Crippen molar-refractivity contribution in [3.05, 3.63) is 29.3 Å². The molecule has 1 heterocycles. The molecule has 1 aromatic rings. The normalized spacial score (nSPS) is 16.7. The summed E-state index contributed by atoms with van der Waals surface area (Å²) in [5, 5.41) is 9.69. The van der Waals surface area contributed by atoms with Crippen molar-refractivity contribution in [2.75, 3.05) is 44.2 Å². The lowest BCUT2D eigenvalue weighted by Crippen LogP contribution is -2.47. The molecule has 0 atom stereocenters. The summed E-state index contributed by atoms with van der Waals surface area (Å²) in [6.07, 6.45) is 0. The van der Waals surface area contributed by atoms with Gasteiger partial charge in [0.05, 0.1) is 17.3 Å². The number of aliphatic hydroxyl groups excluding tert-OH is 1. The number of aliphatic hydroxyl groups is 1. The molecule has 0 radical (unpaired) electrons. The van der Waals surface area contributed by atoms with Crippen LogP contribution in [0.4, 0.5) is 5.69 Å². The van der Waals surface area contributed by atoms with Gasteiger partial charge >= 0.3 is 0 Å². The van der Waals surface area contributed by atoms with E-state index in [2.05, 4.69) is 15.9 Å². The Morgan fingerprint density at radius 1 is 1.12 bits per heavy atom. The fraction of sp³-hybridized carbons (Fsp3) is 0.500. The van der Waals surface area contributed by atoms with Crippen molar-refractivity contribution in [3.8, 4) is 0 Å². The van der Waals surface area contributed by atoms with Crippen LogP contribution in [0.15, 0.2) is 24.3 Å². The van der Waals surface area contributed by atoms with E-state index in [9.17, 15) is 0 Å². The van der Waals surface area contributed by atoms with Crippen molar-refractivity contribution in [2.45, 2.75) is 0 Å². The van der Waals surface area contributed by atoms with Crippen molar-refractivity contribution in [1.82, 2.24) is 4.90 Å². The molecule has 17 heavy (non-hydrogen) atoms. The SMILES string of the molecule is Cl.OCCN1CCN(c2ccccc2Cl)CC1. The molecule has 0 spiro atoms.